The highest BCUT2D eigenvalue weighted by molar-refractivity contribution is 7.91. The Bertz CT molecular complexity index is 1320. The van der Waals surface area contributed by atoms with Crippen molar-refractivity contribution in [2.24, 2.45) is 0 Å². The predicted molar refractivity (Wildman–Crippen MR) is 115 cm³/mol. The van der Waals surface area contributed by atoms with Crippen LogP contribution in [0.3, 0.4) is 0 Å². The van der Waals surface area contributed by atoms with E-state index in [9.17, 15) is 8.42 Å². The number of hydrogen-bond donors (Lipinski definition) is 1. The number of nitrogens with one attached hydrogen (secondary N) is 1. The molecule has 2 aromatic heterocycles. The summed E-state index contributed by atoms with van der Waals surface area (Å²) < 4.78 is 33.0. The van der Waals surface area contributed by atoms with E-state index in [0.717, 1.165) is 12.0 Å². The molecule has 0 atom stereocenters. The highest BCUT2D eigenvalue weighted by Gasteiger charge is 2.27. The molecule has 0 aliphatic carbocycles. The standard InChI is InChI=1S/C20H20ClN5O3S/c1-3-13-4-7-15(8-5-13)30(27,28)20-19-23-18(22-10-11-29-2)16-12-14(21)6-9-17(16)26(19)25-24-20/h4-9,12H,3,10-11H2,1-2H3,(H,22,23). The SMILES string of the molecule is CCc1ccc(S(=O)(=O)c2nnn3c2nc(NCCOC)c2cc(Cl)ccc23)cc1. The van der Waals surface area contributed by atoms with Crippen molar-refractivity contribution >= 4 is 43.8 Å². The van der Waals surface area contributed by atoms with E-state index in [-0.39, 0.29) is 15.6 Å². The number of hydrogen-bond acceptors (Lipinski definition) is 7. The molecular weight excluding hydrogens is 426 g/mol. The fraction of sp³-hybridized carbons (Fsp3) is 0.250. The first-order valence-electron chi connectivity index (χ1n) is 9.37. The van der Waals surface area contributed by atoms with Crippen molar-refractivity contribution in [3.8, 4) is 0 Å². The van der Waals surface area contributed by atoms with E-state index in [2.05, 4.69) is 20.6 Å². The first-order chi connectivity index (χ1) is 14.5. The molecule has 2 aromatic carbocycles. The Morgan fingerprint density at radius 1 is 1.17 bits per heavy atom. The molecule has 0 saturated carbocycles. The molecule has 0 radical (unpaired) electrons. The van der Waals surface area contributed by atoms with Crippen LogP contribution in [-0.4, -0.2) is 48.5 Å². The maximum atomic E-state index is 13.3. The number of halogens is 1. The van der Waals surface area contributed by atoms with Crippen LogP contribution in [0, 0.1) is 0 Å². The van der Waals surface area contributed by atoms with Crippen molar-refractivity contribution in [2.75, 3.05) is 25.6 Å². The zero-order chi connectivity index (χ0) is 21.3. The third-order valence-electron chi connectivity index (χ3n) is 4.77. The van der Waals surface area contributed by atoms with E-state index < -0.39 is 9.84 Å². The second kappa shape index (κ2) is 8.17. The topological polar surface area (TPSA) is 98.5 Å². The van der Waals surface area contributed by atoms with Gasteiger partial charge in [-0.15, -0.1) is 5.10 Å². The van der Waals surface area contributed by atoms with Gasteiger partial charge in [0.15, 0.2) is 5.65 Å². The maximum Gasteiger partial charge on any atom is 0.229 e. The molecule has 0 aliphatic rings. The molecule has 156 valence electrons. The van der Waals surface area contributed by atoms with Gasteiger partial charge in [0.05, 0.1) is 17.0 Å². The second-order valence-corrected chi connectivity index (χ2v) is 8.97. The van der Waals surface area contributed by atoms with Crippen molar-refractivity contribution in [1.82, 2.24) is 19.8 Å². The second-order valence-electron chi connectivity index (χ2n) is 6.67. The summed E-state index contributed by atoms with van der Waals surface area (Å²) in [5.74, 6) is 0.483. The predicted octanol–water partition coefficient (Wildman–Crippen LogP) is 3.38. The molecule has 30 heavy (non-hydrogen) atoms. The Kier molecular flexibility index (Phi) is 5.59. The molecule has 0 saturated heterocycles. The van der Waals surface area contributed by atoms with Crippen LogP contribution >= 0.6 is 11.6 Å². The number of rotatable bonds is 7. The van der Waals surface area contributed by atoms with Gasteiger partial charge >= 0.3 is 0 Å². The van der Waals surface area contributed by atoms with E-state index in [0.29, 0.717) is 34.9 Å². The first-order valence-corrected chi connectivity index (χ1v) is 11.2. The smallest absolute Gasteiger partial charge is 0.229 e. The molecule has 0 unspecified atom stereocenters. The van der Waals surface area contributed by atoms with Crippen LogP contribution in [0.15, 0.2) is 52.4 Å². The minimum atomic E-state index is -3.90. The average Bonchev–Trinajstić information content (AvgIpc) is 3.18. The van der Waals surface area contributed by atoms with Crippen LogP contribution < -0.4 is 5.32 Å². The van der Waals surface area contributed by atoms with Gasteiger partial charge in [-0.3, -0.25) is 0 Å². The number of sulfone groups is 1. The molecule has 2 heterocycles. The van der Waals surface area contributed by atoms with E-state index in [1.54, 1.807) is 49.6 Å². The van der Waals surface area contributed by atoms with Gasteiger partial charge in [-0.1, -0.05) is 35.9 Å². The van der Waals surface area contributed by atoms with Crippen LogP contribution in [0.4, 0.5) is 5.82 Å². The first kappa shape index (κ1) is 20.5. The third kappa shape index (κ3) is 3.60. The lowest BCUT2D eigenvalue weighted by molar-refractivity contribution is 0.210. The molecule has 4 rings (SSSR count). The Hall–Kier alpha value is -2.75. The lowest BCUT2D eigenvalue weighted by Gasteiger charge is -2.10. The van der Waals surface area contributed by atoms with Gasteiger partial charge in [0, 0.05) is 24.1 Å². The van der Waals surface area contributed by atoms with Crippen LogP contribution in [0.2, 0.25) is 5.02 Å². The Morgan fingerprint density at radius 2 is 1.93 bits per heavy atom. The summed E-state index contributed by atoms with van der Waals surface area (Å²) in [6.07, 6.45) is 0.821. The Labute approximate surface area is 178 Å². The molecule has 0 fully saturated rings. The van der Waals surface area contributed by atoms with Gasteiger partial charge in [0.2, 0.25) is 14.9 Å². The minimum Gasteiger partial charge on any atom is -0.383 e. The van der Waals surface area contributed by atoms with Crippen LogP contribution in [0.1, 0.15) is 12.5 Å². The summed E-state index contributed by atoms with van der Waals surface area (Å²) in [6, 6.07) is 12.0. The zero-order valence-corrected chi connectivity index (χ0v) is 18.0. The molecule has 8 nitrogen and oxygen atoms in total. The number of methoxy groups -OCH3 is 1. The molecule has 10 heteroatoms. The number of aromatic nitrogens is 4. The van der Waals surface area contributed by atoms with E-state index in [4.69, 9.17) is 16.3 Å². The van der Waals surface area contributed by atoms with Gasteiger partial charge in [0.25, 0.3) is 0 Å². The summed E-state index contributed by atoms with van der Waals surface area (Å²) in [5.41, 5.74) is 1.83. The van der Waals surface area contributed by atoms with Crippen LogP contribution in [-0.2, 0) is 21.0 Å². The molecule has 0 bridgehead atoms. The average molecular weight is 446 g/mol. The summed E-state index contributed by atoms with van der Waals surface area (Å²) in [6.45, 7) is 2.96. The van der Waals surface area contributed by atoms with E-state index in [1.807, 2.05) is 6.92 Å². The normalized spacial score (nSPS) is 12.0. The molecule has 1 N–H and O–H groups in total. The largest absolute Gasteiger partial charge is 0.383 e. The number of benzene rings is 2. The number of ether oxygens (including phenoxy) is 1. The summed E-state index contributed by atoms with van der Waals surface area (Å²) in [4.78, 5) is 4.68. The van der Waals surface area contributed by atoms with Crippen LogP contribution in [0.25, 0.3) is 16.6 Å². The van der Waals surface area contributed by atoms with E-state index >= 15 is 0 Å². The molecule has 4 aromatic rings. The fourth-order valence-electron chi connectivity index (χ4n) is 3.17. The van der Waals surface area contributed by atoms with Gasteiger partial charge in [-0.2, -0.15) is 4.52 Å². The van der Waals surface area contributed by atoms with Gasteiger partial charge in [-0.05, 0) is 42.3 Å². The number of aryl methyl sites for hydroxylation is 1. The summed E-state index contributed by atoms with van der Waals surface area (Å²) in [5, 5.41) is 12.3. The summed E-state index contributed by atoms with van der Waals surface area (Å²) >= 11 is 6.16. The van der Waals surface area contributed by atoms with Gasteiger partial charge in [-0.25, -0.2) is 13.4 Å². The highest BCUT2D eigenvalue weighted by Crippen LogP contribution is 2.29. The van der Waals surface area contributed by atoms with Crippen molar-refractivity contribution in [3.05, 3.63) is 53.1 Å². The number of nitrogens with zero attached hydrogens (tertiary/aromatic N) is 4. The Balaban J connectivity index is 1.91. The lowest BCUT2D eigenvalue weighted by atomic mass is 10.2. The lowest BCUT2D eigenvalue weighted by Crippen LogP contribution is -2.11. The maximum absolute atomic E-state index is 13.3. The minimum absolute atomic E-state index is 0.143. The van der Waals surface area contributed by atoms with Crippen molar-refractivity contribution in [3.63, 3.8) is 0 Å². The molecule has 0 aliphatic heterocycles. The Morgan fingerprint density at radius 3 is 2.63 bits per heavy atom. The molecule has 0 amide bonds. The fourth-order valence-corrected chi connectivity index (χ4v) is 4.57. The molecule has 0 spiro atoms. The monoisotopic (exact) mass is 445 g/mol. The number of anilines is 1. The van der Waals surface area contributed by atoms with Crippen molar-refractivity contribution in [2.45, 2.75) is 23.3 Å². The van der Waals surface area contributed by atoms with Crippen molar-refractivity contribution < 1.29 is 13.2 Å². The quantitative estimate of drug-likeness (QED) is 0.435. The van der Waals surface area contributed by atoms with E-state index in [1.165, 1.54) is 4.52 Å². The number of fused-ring (bicyclic) bond motifs is 3. The van der Waals surface area contributed by atoms with Crippen molar-refractivity contribution in [1.29, 1.82) is 0 Å². The summed E-state index contributed by atoms with van der Waals surface area (Å²) in [7, 11) is -2.30. The van der Waals surface area contributed by atoms with Crippen LogP contribution in [0.5, 0.6) is 0 Å². The zero-order valence-electron chi connectivity index (χ0n) is 16.5. The third-order valence-corrected chi connectivity index (χ3v) is 6.67. The highest BCUT2D eigenvalue weighted by atomic mass is 35.5. The van der Waals surface area contributed by atoms with Gasteiger partial charge < -0.3 is 10.1 Å². The molecular formula is C20H20ClN5O3S. The van der Waals surface area contributed by atoms with Gasteiger partial charge in [0.1, 0.15) is 5.82 Å².